The summed E-state index contributed by atoms with van der Waals surface area (Å²) in [5.41, 5.74) is -0.0139. The first-order valence-electron chi connectivity index (χ1n) is 5.33. The number of hydrogen-bond acceptors (Lipinski definition) is 4. The first-order chi connectivity index (χ1) is 8.08. The third-order valence-corrected chi connectivity index (χ3v) is 2.83. The van der Waals surface area contributed by atoms with Gasteiger partial charge in [0, 0.05) is 13.1 Å². The molecule has 6 nitrogen and oxygen atoms in total. The molecule has 1 aromatic rings. The van der Waals surface area contributed by atoms with Crippen LogP contribution < -0.4 is 16.2 Å². The summed E-state index contributed by atoms with van der Waals surface area (Å²) in [5, 5.41) is 9.47. The largest absolute Gasteiger partial charge is 0.373 e. The van der Waals surface area contributed by atoms with Gasteiger partial charge in [-0.15, -0.1) is 0 Å². The predicted octanol–water partition coefficient (Wildman–Crippen LogP) is 0.124. The van der Waals surface area contributed by atoms with Crippen molar-refractivity contribution in [2.45, 2.75) is 18.9 Å². The van der Waals surface area contributed by atoms with E-state index >= 15 is 0 Å². The molecular formula is C10H13ClN4O2. The van der Waals surface area contributed by atoms with Crippen LogP contribution in [0, 0.1) is 0 Å². The van der Waals surface area contributed by atoms with Gasteiger partial charge in [0.2, 0.25) is 5.91 Å². The SMILES string of the molecule is Cn1ncc(NCC(=O)NC2CC2)c(Cl)c1=O. The second kappa shape index (κ2) is 4.75. The smallest absolute Gasteiger partial charge is 0.287 e. The maximum absolute atomic E-state index is 11.4. The van der Waals surface area contributed by atoms with Crippen molar-refractivity contribution in [2.75, 3.05) is 11.9 Å². The molecule has 0 bridgehead atoms. The van der Waals surface area contributed by atoms with Crippen LogP contribution >= 0.6 is 11.6 Å². The van der Waals surface area contributed by atoms with E-state index in [0.29, 0.717) is 11.7 Å². The fourth-order valence-electron chi connectivity index (χ4n) is 1.32. The van der Waals surface area contributed by atoms with E-state index in [2.05, 4.69) is 15.7 Å². The quantitative estimate of drug-likeness (QED) is 0.803. The van der Waals surface area contributed by atoms with Gasteiger partial charge in [-0.3, -0.25) is 9.59 Å². The van der Waals surface area contributed by atoms with E-state index in [0.717, 1.165) is 17.5 Å². The summed E-state index contributed by atoms with van der Waals surface area (Å²) in [6.45, 7) is 0.0884. The van der Waals surface area contributed by atoms with Crippen molar-refractivity contribution >= 4 is 23.2 Å². The number of aromatic nitrogens is 2. The van der Waals surface area contributed by atoms with Crippen molar-refractivity contribution in [2.24, 2.45) is 7.05 Å². The molecule has 17 heavy (non-hydrogen) atoms. The number of aryl methyl sites for hydroxylation is 1. The fourth-order valence-corrected chi connectivity index (χ4v) is 1.55. The fraction of sp³-hybridized carbons (Fsp3) is 0.500. The standard InChI is InChI=1S/C10H13ClN4O2/c1-15-10(17)9(11)7(4-13-15)12-5-8(16)14-6-2-3-6/h4,6,12H,2-3,5H2,1H3,(H,14,16). The molecule has 1 aliphatic rings. The van der Waals surface area contributed by atoms with Crippen LogP contribution in [0.2, 0.25) is 5.02 Å². The van der Waals surface area contributed by atoms with Crippen LogP contribution in [0.25, 0.3) is 0 Å². The third kappa shape index (κ3) is 2.97. The van der Waals surface area contributed by atoms with Gasteiger partial charge < -0.3 is 10.6 Å². The number of carbonyl (C=O) groups is 1. The Bertz CT molecular complexity index is 496. The summed E-state index contributed by atoms with van der Waals surface area (Å²) < 4.78 is 1.14. The van der Waals surface area contributed by atoms with E-state index in [4.69, 9.17) is 11.6 Å². The average Bonchev–Trinajstić information content (AvgIpc) is 3.09. The summed E-state index contributed by atoms with van der Waals surface area (Å²) in [6, 6.07) is 0.321. The molecule has 0 atom stereocenters. The van der Waals surface area contributed by atoms with Gasteiger partial charge in [-0.25, -0.2) is 4.68 Å². The van der Waals surface area contributed by atoms with E-state index in [1.807, 2.05) is 0 Å². The van der Waals surface area contributed by atoms with E-state index in [1.54, 1.807) is 0 Å². The minimum atomic E-state index is -0.390. The number of hydrogen-bond donors (Lipinski definition) is 2. The van der Waals surface area contributed by atoms with Gasteiger partial charge in [-0.05, 0) is 12.8 Å². The van der Waals surface area contributed by atoms with E-state index in [-0.39, 0.29) is 23.0 Å². The Kier molecular flexibility index (Phi) is 3.33. The summed E-state index contributed by atoms with van der Waals surface area (Å²) >= 11 is 5.83. The number of nitrogens with zero attached hydrogens (tertiary/aromatic N) is 2. The van der Waals surface area contributed by atoms with Gasteiger partial charge in [-0.1, -0.05) is 11.6 Å². The predicted molar refractivity (Wildman–Crippen MR) is 64.1 cm³/mol. The zero-order chi connectivity index (χ0) is 12.4. The summed E-state index contributed by atoms with van der Waals surface area (Å²) in [6.07, 6.45) is 3.51. The third-order valence-electron chi connectivity index (χ3n) is 2.46. The Morgan fingerprint density at radius 2 is 2.35 bits per heavy atom. The van der Waals surface area contributed by atoms with Crippen LogP contribution in [0.3, 0.4) is 0 Å². The number of amides is 1. The molecule has 7 heteroatoms. The molecular weight excluding hydrogens is 244 g/mol. The van der Waals surface area contributed by atoms with Crippen LogP contribution in [0.1, 0.15) is 12.8 Å². The zero-order valence-electron chi connectivity index (χ0n) is 9.36. The Morgan fingerprint density at radius 3 is 3.00 bits per heavy atom. The second-order valence-electron chi connectivity index (χ2n) is 4.00. The highest BCUT2D eigenvalue weighted by atomic mass is 35.5. The van der Waals surface area contributed by atoms with Crippen LogP contribution in [0.15, 0.2) is 11.0 Å². The molecule has 1 aromatic heterocycles. The Morgan fingerprint density at radius 1 is 1.65 bits per heavy atom. The number of halogens is 1. The lowest BCUT2D eigenvalue weighted by Crippen LogP contribution is -2.32. The molecule has 2 N–H and O–H groups in total. The monoisotopic (exact) mass is 256 g/mol. The number of rotatable bonds is 4. The van der Waals surface area contributed by atoms with Crippen molar-refractivity contribution in [1.29, 1.82) is 0 Å². The van der Waals surface area contributed by atoms with Gasteiger partial charge in [0.25, 0.3) is 5.56 Å². The Hall–Kier alpha value is -1.56. The van der Waals surface area contributed by atoms with Crippen LogP contribution in [0.4, 0.5) is 5.69 Å². The lowest BCUT2D eigenvalue weighted by Gasteiger charge is -2.08. The summed E-state index contributed by atoms with van der Waals surface area (Å²) in [5.74, 6) is -0.107. The molecule has 0 saturated heterocycles. The maximum Gasteiger partial charge on any atom is 0.287 e. The minimum Gasteiger partial charge on any atom is -0.373 e. The van der Waals surface area contributed by atoms with E-state index in [1.165, 1.54) is 13.2 Å². The molecule has 92 valence electrons. The summed E-state index contributed by atoms with van der Waals surface area (Å²) in [4.78, 5) is 22.9. The van der Waals surface area contributed by atoms with Crippen molar-refractivity contribution in [3.8, 4) is 0 Å². The van der Waals surface area contributed by atoms with E-state index < -0.39 is 0 Å². The lowest BCUT2D eigenvalue weighted by atomic mass is 10.4. The lowest BCUT2D eigenvalue weighted by molar-refractivity contribution is -0.119. The summed E-state index contributed by atoms with van der Waals surface area (Å²) in [7, 11) is 1.51. The average molecular weight is 257 g/mol. The second-order valence-corrected chi connectivity index (χ2v) is 4.37. The molecule has 1 amide bonds. The van der Waals surface area contributed by atoms with Crippen LogP contribution in [-0.2, 0) is 11.8 Å². The van der Waals surface area contributed by atoms with Gasteiger partial charge >= 0.3 is 0 Å². The molecule has 1 saturated carbocycles. The zero-order valence-corrected chi connectivity index (χ0v) is 10.1. The molecule has 0 aromatic carbocycles. The van der Waals surface area contributed by atoms with Crippen LogP contribution in [0.5, 0.6) is 0 Å². The molecule has 0 aliphatic heterocycles. The number of anilines is 1. The van der Waals surface area contributed by atoms with Gasteiger partial charge in [0.1, 0.15) is 5.02 Å². The molecule has 0 spiro atoms. The number of carbonyl (C=O) groups excluding carboxylic acids is 1. The number of nitrogens with one attached hydrogen (secondary N) is 2. The first-order valence-corrected chi connectivity index (χ1v) is 5.71. The first kappa shape index (κ1) is 11.9. The highest BCUT2D eigenvalue weighted by Crippen LogP contribution is 2.18. The highest BCUT2D eigenvalue weighted by Gasteiger charge is 2.23. The molecule has 1 aliphatic carbocycles. The topological polar surface area (TPSA) is 76.0 Å². The van der Waals surface area contributed by atoms with Crippen LogP contribution in [-0.4, -0.2) is 28.3 Å². The van der Waals surface area contributed by atoms with Gasteiger partial charge in [0.15, 0.2) is 0 Å². The van der Waals surface area contributed by atoms with Crippen molar-refractivity contribution in [3.05, 3.63) is 21.6 Å². The van der Waals surface area contributed by atoms with Crippen molar-refractivity contribution < 1.29 is 4.79 Å². The molecule has 0 radical (unpaired) electrons. The van der Waals surface area contributed by atoms with Crippen molar-refractivity contribution in [3.63, 3.8) is 0 Å². The molecule has 1 fully saturated rings. The van der Waals surface area contributed by atoms with Gasteiger partial charge in [-0.2, -0.15) is 5.10 Å². The molecule has 2 rings (SSSR count). The van der Waals surface area contributed by atoms with Gasteiger partial charge in [0.05, 0.1) is 18.4 Å². The normalized spacial score (nSPS) is 14.5. The van der Waals surface area contributed by atoms with E-state index in [9.17, 15) is 9.59 Å². The Labute approximate surface area is 103 Å². The Balaban J connectivity index is 1.96. The molecule has 0 unspecified atom stereocenters. The van der Waals surface area contributed by atoms with Crippen molar-refractivity contribution in [1.82, 2.24) is 15.1 Å². The minimum absolute atomic E-state index is 0.0433. The molecule has 1 heterocycles. The maximum atomic E-state index is 11.4. The highest BCUT2D eigenvalue weighted by molar-refractivity contribution is 6.33.